The number of ether oxygens (including phenoxy) is 1. The molecule has 1 unspecified atom stereocenters. The van der Waals surface area contributed by atoms with Crippen LogP contribution in [0, 0.1) is 5.82 Å². The van der Waals surface area contributed by atoms with Crippen molar-refractivity contribution in [2.45, 2.75) is 31.6 Å². The average molecular weight is 364 g/mol. The fourth-order valence-electron chi connectivity index (χ4n) is 3.69. The highest BCUT2D eigenvalue weighted by molar-refractivity contribution is 5.85. The van der Waals surface area contributed by atoms with E-state index < -0.39 is 0 Å². The lowest BCUT2D eigenvalue weighted by Gasteiger charge is -2.29. The van der Waals surface area contributed by atoms with Crippen molar-refractivity contribution in [3.05, 3.63) is 65.0 Å². The Balaban J connectivity index is 0.00000225. The zero-order chi connectivity index (χ0) is 16.9. The summed E-state index contributed by atoms with van der Waals surface area (Å²) in [6, 6.07) is 13.4. The lowest BCUT2D eigenvalue weighted by atomic mass is 9.82. The average Bonchev–Trinajstić information content (AvgIpc) is 2.60. The van der Waals surface area contributed by atoms with Gasteiger partial charge in [-0.2, -0.15) is 0 Å². The standard InChI is InChI=1S/C21H26FNO.ClH/c1-23(12-11-16-5-3-8-19(22)13-16)15-18-7-4-6-17-14-20(24-2)9-10-21(17)18;/h3,5,8-10,13-14,18H,4,6-7,11-12,15H2,1-2H3;1H. The molecule has 136 valence electrons. The topological polar surface area (TPSA) is 12.5 Å². The molecular formula is C21H27ClFNO. The quantitative estimate of drug-likeness (QED) is 0.727. The van der Waals surface area contributed by atoms with Crippen molar-refractivity contribution in [3.63, 3.8) is 0 Å². The lowest BCUT2D eigenvalue weighted by molar-refractivity contribution is 0.300. The predicted molar refractivity (Wildman–Crippen MR) is 104 cm³/mol. The van der Waals surface area contributed by atoms with E-state index in [1.165, 1.54) is 30.0 Å². The number of halogens is 2. The van der Waals surface area contributed by atoms with Gasteiger partial charge >= 0.3 is 0 Å². The first kappa shape index (κ1) is 19.7. The summed E-state index contributed by atoms with van der Waals surface area (Å²) in [6.07, 6.45) is 4.51. The number of aryl methyl sites for hydroxylation is 1. The zero-order valence-electron chi connectivity index (χ0n) is 15.0. The highest BCUT2D eigenvalue weighted by Gasteiger charge is 2.21. The highest BCUT2D eigenvalue weighted by Crippen LogP contribution is 2.34. The Kier molecular flexibility index (Phi) is 7.27. The summed E-state index contributed by atoms with van der Waals surface area (Å²) in [4.78, 5) is 2.37. The van der Waals surface area contributed by atoms with Crippen LogP contribution in [0.15, 0.2) is 42.5 Å². The first-order chi connectivity index (χ1) is 11.7. The van der Waals surface area contributed by atoms with Crippen molar-refractivity contribution < 1.29 is 9.13 Å². The Morgan fingerprint density at radius 3 is 2.80 bits per heavy atom. The number of benzene rings is 2. The van der Waals surface area contributed by atoms with E-state index in [9.17, 15) is 4.39 Å². The third-order valence-corrected chi connectivity index (χ3v) is 4.99. The number of fused-ring (bicyclic) bond motifs is 1. The summed E-state index contributed by atoms with van der Waals surface area (Å²) in [5.74, 6) is 1.39. The third-order valence-electron chi connectivity index (χ3n) is 4.99. The molecule has 0 radical (unpaired) electrons. The molecule has 0 saturated carbocycles. The molecule has 25 heavy (non-hydrogen) atoms. The molecule has 0 aromatic heterocycles. The summed E-state index contributed by atoms with van der Waals surface area (Å²) >= 11 is 0. The SMILES string of the molecule is COc1ccc2c(c1)CCCC2CN(C)CCc1cccc(F)c1.Cl. The highest BCUT2D eigenvalue weighted by atomic mass is 35.5. The van der Waals surface area contributed by atoms with E-state index in [2.05, 4.69) is 30.1 Å². The molecule has 3 rings (SSSR count). The molecule has 4 heteroatoms. The van der Waals surface area contributed by atoms with Gasteiger partial charge < -0.3 is 9.64 Å². The van der Waals surface area contributed by atoms with E-state index in [0.29, 0.717) is 5.92 Å². The van der Waals surface area contributed by atoms with Gasteiger partial charge in [0.05, 0.1) is 7.11 Å². The van der Waals surface area contributed by atoms with Crippen LogP contribution >= 0.6 is 12.4 Å². The molecule has 0 aliphatic heterocycles. The van der Waals surface area contributed by atoms with Crippen LogP contribution in [-0.2, 0) is 12.8 Å². The molecule has 1 atom stereocenters. The van der Waals surface area contributed by atoms with Gasteiger partial charge in [0.2, 0.25) is 0 Å². The molecule has 2 nitrogen and oxygen atoms in total. The van der Waals surface area contributed by atoms with Gasteiger partial charge in [-0.25, -0.2) is 4.39 Å². The monoisotopic (exact) mass is 363 g/mol. The molecule has 0 fully saturated rings. The summed E-state index contributed by atoms with van der Waals surface area (Å²) in [6.45, 7) is 2.00. The lowest BCUT2D eigenvalue weighted by Crippen LogP contribution is -2.28. The molecular weight excluding hydrogens is 337 g/mol. The Bertz CT molecular complexity index is 691. The molecule has 1 aliphatic rings. The van der Waals surface area contributed by atoms with Crippen LogP contribution in [-0.4, -0.2) is 32.1 Å². The zero-order valence-corrected chi connectivity index (χ0v) is 15.8. The fourth-order valence-corrected chi connectivity index (χ4v) is 3.69. The molecule has 2 aromatic carbocycles. The molecule has 1 aliphatic carbocycles. The maximum atomic E-state index is 13.3. The molecule has 2 aromatic rings. The van der Waals surface area contributed by atoms with E-state index in [4.69, 9.17) is 4.74 Å². The number of methoxy groups -OCH3 is 1. The second kappa shape index (κ2) is 9.21. The minimum atomic E-state index is -0.148. The normalized spacial score (nSPS) is 16.2. The van der Waals surface area contributed by atoms with Gasteiger partial charge in [0.25, 0.3) is 0 Å². The van der Waals surface area contributed by atoms with Gasteiger partial charge in [0.1, 0.15) is 11.6 Å². The number of rotatable bonds is 6. The van der Waals surface area contributed by atoms with Crippen molar-refractivity contribution in [2.75, 3.05) is 27.2 Å². The first-order valence-corrected chi connectivity index (χ1v) is 8.75. The maximum absolute atomic E-state index is 13.3. The van der Waals surface area contributed by atoms with Crippen molar-refractivity contribution in [1.82, 2.24) is 4.90 Å². The second-order valence-corrected chi connectivity index (χ2v) is 6.80. The van der Waals surface area contributed by atoms with Crippen LogP contribution < -0.4 is 4.74 Å². The van der Waals surface area contributed by atoms with Gasteiger partial charge in [-0.3, -0.25) is 0 Å². The number of hydrogen-bond donors (Lipinski definition) is 0. The second-order valence-electron chi connectivity index (χ2n) is 6.80. The van der Waals surface area contributed by atoms with E-state index in [1.54, 1.807) is 19.2 Å². The van der Waals surface area contributed by atoms with Crippen molar-refractivity contribution in [3.8, 4) is 5.75 Å². The predicted octanol–water partition coefficient (Wildman–Crippen LogP) is 4.85. The Labute approximate surface area is 156 Å². The molecule has 0 N–H and O–H groups in total. The summed E-state index contributed by atoms with van der Waals surface area (Å²) in [5, 5.41) is 0. The van der Waals surface area contributed by atoms with Gasteiger partial charge in [0.15, 0.2) is 0 Å². The van der Waals surface area contributed by atoms with Gasteiger partial charge in [-0.05, 0) is 79.6 Å². The molecule has 0 saturated heterocycles. The van der Waals surface area contributed by atoms with Gasteiger partial charge in [-0.1, -0.05) is 18.2 Å². The van der Waals surface area contributed by atoms with Crippen molar-refractivity contribution >= 4 is 12.4 Å². The third kappa shape index (κ3) is 5.20. The fraction of sp³-hybridized carbons (Fsp3) is 0.429. The van der Waals surface area contributed by atoms with Crippen LogP contribution in [0.25, 0.3) is 0 Å². The molecule has 0 amide bonds. The van der Waals surface area contributed by atoms with Crippen LogP contribution in [0.1, 0.15) is 35.4 Å². The molecule has 0 heterocycles. The Hall–Kier alpha value is -1.58. The largest absolute Gasteiger partial charge is 0.497 e. The van der Waals surface area contributed by atoms with Crippen LogP contribution in [0.2, 0.25) is 0 Å². The Morgan fingerprint density at radius 1 is 1.20 bits per heavy atom. The van der Waals surface area contributed by atoms with E-state index >= 15 is 0 Å². The minimum absolute atomic E-state index is 0. The maximum Gasteiger partial charge on any atom is 0.123 e. The van der Waals surface area contributed by atoms with Crippen molar-refractivity contribution in [1.29, 1.82) is 0 Å². The minimum Gasteiger partial charge on any atom is -0.497 e. The van der Waals surface area contributed by atoms with Crippen LogP contribution in [0.3, 0.4) is 0 Å². The number of likely N-dealkylation sites (N-methyl/N-ethyl adjacent to an activating group) is 1. The summed E-state index contributed by atoms with van der Waals surface area (Å²) < 4.78 is 18.6. The van der Waals surface area contributed by atoms with Gasteiger partial charge in [-0.15, -0.1) is 12.4 Å². The summed E-state index contributed by atoms with van der Waals surface area (Å²) in [7, 11) is 3.89. The number of nitrogens with zero attached hydrogens (tertiary/aromatic N) is 1. The molecule has 0 spiro atoms. The summed E-state index contributed by atoms with van der Waals surface area (Å²) in [5.41, 5.74) is 3.97. The van der Waals surface area contributed by atoms with Crippen LogP contribution in [0.5, 0.6) is 5.75 Å². The van der Waals surface area contributed by atoms with Gasteiger partial charge in [0, 0.05) is 13.1 Å². The van der Waals surface area contributed by atoms with E-state index in [0.717, 1.165) is 37.2 Å². The number of hydrogen-bond acceptors (Lipinski definition) is 2. The van der Waals surface area contributed by atoms with E-state index in [1.807, 2.05) is 6.07 Å². The van der Waals surface area contributed by atoms with E-state index in [-0.39, 0.29) is 18.2 Å². The van der Waals surface area contributed by atoms with Crippen LogP contribution in [0.4, 0.5) is 4.39 Å². The first-order valence-electron chi connectivity index (χ1n) is 8.75. The smallest absolute Gasteiger partial charge is 0.123 e. The molecule has 0 bridgehead atoms. The Morgan fingerprint density at radius 2 is 2.04 bits per heavy atom. The van der Waals surface area contributed by atoms with Crippen molar-refractivity contribution in [2.24, 2.45) is 0 Å².